The van der Waals surface area contributed by atoms with Crippen LogP contribution in [0.3, 0.4) is 0 Å². The fourth-order valence-electron chi connectivity index (χ4n) is 4.29. The van der Waals surface area contributed by atoms with Gasteiger partial charge in [0.15, 0.2) is 11.2 Å². The maximum atomic E-state index is 13.2. The van der Waals surface area contributed by atoms with Crippen LogP contribution in [-0.4, -0.2) is 50.8 Å². The topological polar surface area (TPSA) is 114 Å². The van der Waals surface area contributed by atoms with E-state index in [1.165, 1.54) is 4.31 Å². The number of sulfonamides is 1. The van der Waals surface area contributed by atoms with Gasteiger partial charge in [-0.25, -0.2) is 18.1 Å². The van der Waals surface area contributed by atoms with E-state index in [4.69, 9.17) is 4.98 Å². The van der Waals surface area contributed by atoms with E-state index in [1.807, 2.05) is 38.1 Å². The van der Waals surface area contributed by atoms with Crippen molar-refractivity contribution in [2.75, 3.05) is 13.1 Å². The van der Waals surface area contributed by atoms with Gasteiger partial charge in [0.05, 0.1) is 11.4 Å². The van der Waals surface area contributed by atoms with E-state index >= 15 is 0 Å². The molecule has 0 saturated carbocycles. The highest BCUT2D eigenvalue weighted by Gasteiger charge is 2.32. The zero-order valence-electron chi connectivity index (χ0n) is 19.1. The predicted octanol–water partition coefficient (Wildman–Crippen LogP) is 2.75. The largest absolute Gasteiger partial charge is 0.308 e. The molecule has 1 saturated heterocycles. The van der Waals surface area contributed by atoms with Gasteiger partial charge in [0, 0.05) is 19.0 Å². The van der Waals surface area contributed by atoms with Gasteiger partial charge in [-0.15, -0.1) is 5.10 Å². The number of fused-ring (bicyclic) bond motifs is 1. The number of aryl methyl sites for hydroxylation is 2. The van der Waals surface area contributed by atoms with Crippen LogP contribution in [0.15, 0.2) is 58.2 Å². The molecule has 0 bridgehead atoms. The Kier molecular flexibility index (Phi) is 5.78. The molecule has 1 N–H and O–H groups in total. The van der Waals surface area contributed by atoms with Crippen LogP contribution >= 0.6 is 0 Å². The summed E-state index contributed by atoms with van der Waals surface area (Å²) in [4.78, 5) is 20.5. The van der Waals surface area contributed by atoms with Crippen molar-refractivity contribution in [3.63, 3.8) is 0 Å². The Hall–Kier alpha value is -3.37. The molecule has 0 unspecified atom stereocenters. The van der Waals surface area contributed by atoms with E-state index in [9.17, 15) is 13.2 Å². The fourth-order valence-corrected chi connectivity index (χ4v) is 5.82. The number of aromatic nitrogens is 5. The summed E-state index contributed by atoms with van der Waals surface area (Å²) in [6, 6.07) is 14.9. The Morgan fingerprint density at radius 3 is 2.41 bits per heavy atom. The average molecular weight is 479 g/mol. The average Bonchev–Trinajstić information content (AvgIpc) is 3.24. The van der Waals surface area contributed by atoms with E-state index < -0.39 is 10.0 Å². The second kappa shape index (κ2) is 8.77. The van der Waals surface area contributed by atoms with E-state index in [1.54, 1.807) is 28.9 Å². The molecule has 4 aromatic rings. The number of benzene rings is 2. The fraction of sp³-hybridized carbons (Fsp3) is 0.333. The number of piperidine rings is 1. The van der Waals surface area contributed by atoms with Crippen molar-refractivity contribution in [3.05, 3.63) is 81.4 Å². The minimum atomic E-state index is -3.63. The first-order valence-corrected chi connectivity index (χ1v) is 12.7. The smallest absolute Gasteiger partial charge is 0.281 e. The molecule has 34 heavy (non-hydrogen) atoms. The Bertz CT molecular complexity index is 1490. The van der Waals surface area contributed by atoms with Crippen LogP contribution in [0.2, 0.25) is 0 Å². The zero-order chi connectivity index (χ0) is 23.9. The molecule has 0 radical (unpaired) electrons. The van der Waals surface area contributed by atoms with E-state index in [0.29, 0.717) is 31.0 Å². The molecule has 2 aromatic carbocycles. The lowest BCUT2D eigenvalue weighted by molar-refractivity contribution is 0.309. The van der Waals surface area contributed by atoms with Crippen molar-refractivity contribution in [3.8, 4) is 0 Å². The number of hydrogen-bond acceptors (Lipinski definition) is 6. The van der Waals surface area contributed by atoms with Crippen LogP contribution in [0.5, 0.6) is 0 Å². The van der Waals surface area contributed by atoms with Gasteiger partial charge in [0.1, 0.15) is 5.82 Å². The highest BCUT2D eigenvalue weighted by Crippen LogP contribution is 2.29. The van der Waals surface area contributed by atoms with Crippen LogP contribution in [0.1, 0.15) is 41.3 Å². The standard InChI is InChI=1S/C24H26N6O3S/c1-16-5-9-18(10-6-16)14-30-23-21(27-28-30)24(31)26-22(25-23)19-4-3-13-29(15-19)34(32,33)20-11-7-17(2)8-12-20/h5-12,19H,3-4,13-15H2,1-2H3,(H,25,26,31)/t19-/m1/s1. The summed E-state index contributed by atoms with van der Waals surface area (Å²) in [6.45, 7) is 5.07. The SMILES string of the molecule is Cc1ccc(Cn2nnc3c(=O)[nH]c([C@@H]4CCCN(S(=O)(=O)c5ccc(C)cc5)C4)nc32)cc1. The number of nitrogens with zero attached hydrogens (tertiary/aromatic N) is 5. The summed E-state index contributed by atoms with van der Waals surface area (Å²) in [5.74, 6) is 0.238. The third-order valence-corrected chi connectivity index (χ3v) is 8.15. The lowest BCUT2D eigenvalue weighted by Gasteiger charge is -2.31. The van der Waals surface area contributed by atoms with Gasteiger partial charge in [0.2, 0.25) is 10.0 Å². The quantitative estimate of drug-likeness (QED) is 0.472. The minimum absolute atomic E-state index is 0.177. The van der Waals surface area contributed by atoms with Crippen LogP contribution in [0.4, 0.5) is 0 Å². The number of rotatable bonds is 5. The first kappa shape index (κ1) is 22.4. The number of aromatic amines is 1. The second-order valence-corrected chi connectivity index (χ2v) is 10.8. The van der Waals surface area contributed by atoms with Crippen molar-refractivity contribution in [2.45, 2.75) is 44.0 Å². The maximum Gasteiger partial charge on any atom is 0.281 e. The highest BCUT2D eigenvalue weighted by atomic mass is 32.2. The Labute approximate surface area is 197 Å². The van der Waals surface area contributed by atoms with Gasteiger partial charge < -0.3 is 4.98 Å². The molecule has 1 aliphatic rings. The summed E-state index contributed by atoms with van der Waals surface area (Å²) in [5, 5.41) is 8.16. The molecule has 0 aliphatic carbocycles. The summed E-state index contributed by atoms with van der Waals surface area (Å²) in [5.41, 5.74) is 3.39. The number of H-pyrrole nitrogens is 1. The van der Waals surface area contributed by atoms with E-state index in [-0.39, 0.29) is 28.4 Å². The molecule has 5 rings (SSSR count). The monoisotopic (exact) mass is 478 g/mol. The Balaban J connectivity index is 1.44. The molecule has 10 heteroatoms. The van der Waals surface area contributed by atoms with Crippen molar-refractivity contribution >= 4 is 21.2 Å². The van der Waals surface area contributed by atoms with Gasteiger partial charge in [-0.2, -0.15) is 4.31 Å². The van der Waals surface area contributed by atoms with Gasteiger partial charge in [-0.05, 0) is 44.4 Å². The van der Waals surface area contributed by atoms with Crippen LogP contribution in [0, 0.1) is 13.8 Å². The summed E-state index contributed by atoms with van der Waals surface area (Å²) < 4.78 is 29.5. The zero-order valence-corrected chi connectivity index (χ0v) is 19.9. The van der Waals surface area contributed by atoms with Crippen molar-refractivity contribution in [2.24, 2.45) is 0 Å². The molecule has 176 valence electrons. The van der Waals surface area contributed by atoms with E-state index in [0.717, 1.165) is 23.1 Å². The Morgan fingerprint density at radius 2 is 1.71 bits per heavy atom. The maximum absolute atomic E-state index is 13.2. The molecule has 3 heterocycles. The third-order valence-electron chi connectivity index (χ3n) is 6.27. The van der Waals surface area contributed by atoms with Gasteiger partial charge >= 0.3 is 0 Å². The minimum Gasteiger partial charge on any atom is -0.308 e. The molecular weight excluding hydrogens is 452 g/mol. The first-order chi connectivity index (χ1) is 16.3. The summed E-state index contributed by atoms with van der Waals surface area (Å²) in [7, 11) is -3.63. The van der Waals surface area contributed by atoms with Crippen molar-refractivity contribution in [1.82, 2.24) is 29.3 Å². The molecule has 1 fully saturated rings. The lowest BCUT2D eigenvalue weighted by Crippen LogP contribution is -2.39. The third kappa shape index (κ3) is 4.26. The second-order valence-electron chi connectivity index (χ2n) is 8.87. The molecule has 0 amide bonds. The molecule has 9 nitrogen and oxygen atoms in total. The van der Waals surface area contributed by atoms with Gasteiger partial charge in [-0.3, -0.25) is 4.79 Å². The van der Waals surface area contributed by atoms with E-state index in [2.05, 4.69) is 15.3 Å². The highest BCUT2D eigenvalue weighted by molar-refractivity contribution is 7.89. The number of hydrogen-bond donors (Lipinski definition) is 1. The number of nitrogens with one attached hydrogen (secondary N) is 1. The normalized spacial score (nSPS) is 17.3. The van der Waals surface area contributed by atoms with Crippen LogP contribution < -0.4 is 5.56 Å². The van der Waals surface area contributed by atoms with Crippen molar-refractivity contribution in [1.29, 1.82) is 0 Å². The molecule has 2 aromatic heterocycles. The molecule has 0 spiro atoms. The predicted molar refractivity (Wildman–Crippen MR) is 128 cm³/mol. The summed E-state index contributed by atoms with van der Waals surface area (Å²) in [6.07, 6.45) is 1.41. The van der Waals surface area contributed by atoms with Crippen molar-refractivity contribution < 1.29 is 8.42 Å². The van der Waals surface area contributed by atoms with Gasteiger partial charge in [0.25, 0.3) is 5.56 Å². The molecule has 1 atom stereocenters. The molecule has 1 aliphatic heterocycles. The van der Waals surface area contributed by atoms with Crippen LogP contribution in [-0.2, 0) is 16.6 Å². The summed E-state index contributed by atoms with van der Waals surface area (Å²) >= 11 is 0. The Morgan fingerprint density at radius 1 is 1.03 bits per heavy atom. The molecular formula is C24H26N6O3S. The van der Waals surface area contributed by atoms with Gasteiger partial charge in [-0.1, -0.05) is 52.7 Å². The lowest BCUT2D eigenvalue weighted by atomic mass is 9.99. The van der Waals surface area contributed by atoms with Crippen LogP contribution in [0.25, 0.3) is 11.2 Å². The first-order valence-electron chi connectivity index (χ1n) is 11.3.